The number of hydrogen-bond acceptors (Lipinski definition) is 3. The van der Waals surface area contributed by atoms with Gasteiger partial charge in [-0.3, -0.25) is 0 Å². The molecule has 1 N–H and O–H groups in total. The summed E-state index contributed by atoms with van der Waals surface area (Å²) in [5.41, 5.74) is 0. The van der Waals surface area contributed by atoms with Crippen LogP contribution in [0, 0.1) is 0 Å². The highest BCUT2D eigenvalue weighted by Gasteiger charge is 2.20. The van der Waals surface area contributed by atoms with Crippen LogP contribution in [0.25, 0.3) is 0 Å². The van der Waals surface area contributed by atoms with Gasteiger partial charge in [-0.1, -0.05) is 0 Å². The molecule has 0 aromatic carbocycles. The Morgan fingerprint density at radius 1 is 1.21 bits per heavy atom. The molecule has 2 fully saturated rings. The highest BCUT2D eigenvalue weighted by Crippen LogP contribution is 2.17. The Hall–Kier alpha value is -0.120. The van der Waals surface area contributed by atoms with Crippen LogP contribution in [-0.4, -0.2) is 48.5 Å². The Balaban J connectivity index is 1.60. The molecule has 0 spiro atoms. The lowest BCUT2D eigenvalue weighted by Crippen LogP contribution is -2.37. The van der Waals surface area contributed by atoms with Crippen molar-refractivity contribution in [3.63, 3.8) is 0 Å². The average molecular weight is 199 g/mol. The van der Waals surface area contributed by atoms with Crippen LogP contribution in [0.5, 0.6) is 0 Å². The summed E-state index contributed by atoms with van der Waals surface area (Å²) < 4.78 is 5.59. The summed E-state index contributed by atoms with van der Waals surface area (Å²) in [4.78, 5) is 2.45. The van der Waals surface area contributed by atoms with E-state index >= 15 is 0 Å². The second kappa shape index (κ2) is 5.10. The van der Waals surface area contributed by atoms with Gasteiger partial charge in [-0.15, -0.1) is 0 Å². The van der Waals surface area contributed by atoms with Crippen molar-refractivity contribution >= 4 is 0 Å². The molecule has 2 rings (SSSR count). The molecule has 1 unspecified atom stereocenters. The van der Waals surface area contributed by atoms with Gasteiger partial charge in [0.1, 0.15) is 0 Å². The number of aliphatic hydroxyl groups is 1. The maximum absolute atomic E-state index is 9.36. The minimum absolute atomic E-state index is 0.0472. The Bertz CT molecular complexity index is 161. The molecule has 2 aliphatic rings. The summed E-state index contributed by atoms with van der Waals surface area (Å²) in [6, 6.07) is 0. The molecule has 0 aromatic rings. The summed E-state index contributed by atoms with van der Waals surface area (Å²) in [6.07, 6.45) is 6.03. The first-order chi connectivity index (χ1) is 6.84. The van der Waals surface area contributed by atoms with Crippen molar-refractivity contribution in [2.24, 2.45) is 0 Å². The van der Waals surface area contributed by atoms with Crippen LogP contribution >= 0.6 is 0 Å². The van der Waals surface area contributed by atoms with Gasteiger partial charge in [0.25, 0.3) is 0 Å². The summed E-state index contributed by atoms with van der Waals surface area (Å²) in [5, 5.41) is 9.36. The molecule has 1 atom stereocenters. The van der Waals surface area contributed by atoms with E-state index in [0.717, 1.165) is 39.1 Å². The number of piperidine rings is 1. The highest BCUT2D eigenvalue weighted by atomic mass is 16.5. The van der Waals surface area contributed by atoms with Crippen LogP contribution in [0.2, 0.25) is 0 Å². The molecule has 3 heteroatoms. The lowest BCUT2D eigenvalue weighted by Gasteiger charge is -2.30. The van der Waals surface area contributed by atoms with Crippen molar-refractivity contribution in [1.82, 2.24) is 4.90 Å². The molecular weight excluding hydrogens is 178 g/mol. The predicted octanol–water partition coefficient (Wildman–Crippen LogP) is 1.01. The maximum atomic E-state index is 9.36. The van der Waals surface area contributed by atoms with Crippen LogP contribution in [0.15, 0.2) is 0 Å². The van der Waals surface area contributed by atoms with Gasteiger partial charge in [-0.05, 0) is 32.1 Å². The molecule has 0 amide bonds. The minimum atomic E-state index is -0.0472. The average Bonchev–Trinajstić information content (AvgIpc) is 2.70. The number of nitrogens with zero attached hydrogens (tertiary/aromatic N) is 1. The van der Waals surface area contributed by atoms with E-state index in [1.54, 1.807) is 0 Å². The van der Waals surface area contributed by atoms with E-state index in [0.29, 0.717) is 6.10 Å². The van der Waals surface area contributed by atoms with Crippen LogP contribution < -0.4 is 0 Å². The largest absolute Gasteiger partial charge is 0.393 e. The number of likely N-dealkylation sites (tertiary alicyclic amines) is 1. The van der Waals surface area contributed by atoms with Crippen molar-refractivity contribution in [2.45, 2.75) is 44.3 Å². The molecule has 2 heterocycles. The first-order valence-electron chi connectivity index (χ1n) is 5.86. The molecule has 14 heavy (non-hydrogen) atoms. The molecule has 82 valence electrons. The maximum Gasteiger partial charge on any atom is 0.0588 e. The van der Waals surface area contributed by atoms with Gasteiger partial charge in [0.2, 0.25) is 0 Å². The molecule has 0 radical (unpaired) electrons. The molecule has 3 nitrogen and oxygen atoms in total. The predicted molar refractivity (Wildman–Crippen MR) is 55.3 cm³/mol. The van der Waals surface area contributed by atoms with Gasteiger partial charge >= 0.3 is 0 Å². The third-order valence-electron chi connectivity index (χ3n) is 3.35. The van der Waals surface area contributed by atoms with Crippen LogP contribution in [0.3, 0.4) is 0 Å². The molecule has 0 bridgehead atoms. The number of ether oxygens (including phenoxy) is 1. The summed E-state index contributed by atoms with van der Waals surface area (Å²) in [5.74, 6) is 0. The zero-order chi connectivity index (χ0) is 9.80. The van der Waals surface area contributed by atoms with Crippen LogP contribution in [0.1, 0.15) is 32.1 Å². The fourth-order valence-electron chi connectivity index (χ4n) is 2.34. The van der Waals surface area contributed by atoms with E-state index < -0.39 is 0 Å². The van der Waals surface area contributed by atoms with Crippen molar-refractivity contribution < 1.29 is 9.84 Å². The lowest BCUT2D eigenvalue weighted by atomic mass is 10.1. The van der Waals surface area contributed by atoms with Gasteiger partial charge in [0.05, 0.1) is 12.2 Å². The standard InChI is InChI=1S/C11H21NO2/c13-10-3-6-12(7-4-10)8-5-11-2-1-9-14-11/h10-11,13H,1-9H2. The first kappa shape index (κ1) is 10.4. The second-order valence-corrected chi connectivity index (χ2v) is 4.50. The quantitative estimate of drug-likeness (QED) is 0.736. The van der Waals surface area contributed by atoms with Crippen molar-refractivity contribution in [3.05, 3.63) is 0 Å². The van der Waals surface area contributed by atoms with Crippen molar-refractivity contribution in [3.8, 4) is 0 Å². The van der Waals surface area contributed by atoms with E-state index in [1.165, 1.54) is 19.3 Å². The Labute approximate surface area is 86.0 Å². The first-order valence-corrected chi connectivity index (χ1v) is 5.86. The number of rotatable bonds is 3. The van der Waals surface area contributed by atoms with Crippen molar-refractivity contribution in [1.29, 1.82) is 0 Å². The number of hydrogen-bond donors (Lipinski definition) is 1. The van der Waals surface area contributed by atoms with E-state index in [9.17, 15) is 5.11 Å². The minimum Gasteiger partial charge on any atom is -0.393 e. The summed E-state index contributed by atoms with van der Waals surface area (Å²) in [6.45, 7) is 4.24. The monoisotopic (exact) mass is 199 g/mol. The third kappa shape index (κ3) is 2.94. The van der Waals surface area contributed by atoms with E-state index in [4.69, 9.17) is 4.74 Å². The molecule has 0 aromatic heterocycles. The van der Waals surface area contributed by atoms with E-state index in [2.05, 4.69) is 4.90 Å². The topological polar surface area (TPSA) is 32.7 Å². The van der Waals surface area contributed by atoms with Gasteiger partial charge in [0.15, 0.2) is 0 Å². The smallest absolute Gasteiger partial charge is 0.0588 e. The van der Waals surface area contributed by atoms with Crippen LogP contribution in [0.4, 0.5) is 0 Å². The van der Waals surface area contributed by atoms with E-state index in [-0.39, 0.29) is 6.10 Å². The second-order valence-electron chi connectivity index (χ2n) is 4.50. The van der Waals surface area contributed by atoms with Crippen LogP contribution in [-0.2, 0) is 4.74 Å². The fraction of sp³-hybridized carbons (Fsp3) is 1.00. The normalized spacial score (nSPS) is 31.1. The molecule has 2 aliphatic heterocycles. The third-order valence-corrected chi connectivity index (χ3v) is 3.35. The molecule has 0 saturated carbocycles. The Morgan fingerprint density at radius 3 is 2.64 bits per heavy atom. The lowest BCUT2D eigenvalue weighted by molar-refractivity contribution is 0.0615. The van der Waals surface area contributed by atoms with E-state index in [1.807, 2.05) is 0 Å². The van der Waals surface area contributed by atoms with Gasteiger partial charge in [-0.2, -0.15) is 0 Å². The summed E-state index contributed by atoms with van der Waals surface area (Å²) in [7, 11) is 0. The molecule has 2 saturated heterocycles. The summed E-state index contributed by atoms with van der Waals surface area (Å²) >= 11 is 0. The van der Waals surface area contributed by atoms with Crippen molar-refractivity contribution in [2.75, 3.05) is 26.2 Å². The zero-order valence-electron chi connectivity index (χ0n) is 8.82. The van der Waals surface area contributed by atoms with Gasteiger partial charge in [-0.25, -0.2) is 0 Å². The molecular formula is C11H21NO2. The van der Waals surface area contributed by atoms with Gasteiger partial charge < -0.3 is 14.7 Å². The Kier molecular flexibility index (Phi) is 3.79. The SMILES string of the molecule is OC1CCN(CCC2CCCO2)CC1. The molecule has 0 aliphatic carbocycles. The zero-order valence-corrected chi connectivity index (χ0v) is 8.82. The number of aliphatic hydroxyl groups excluding tert-OH is 1. The Morgan fingerprint density at radius 2 is 2.00 bits per heavy atom. The fourth-order valence-corrected chi connectivity index (χ4v) is 2.34. The highest BCUT2D eigenvalue weighted by molar-refractivity contribution is 4.73. The van der Waals surface area contributed by atoms with Gasteiger partial charge in [0, 0.05) is 26.2 Å².